The summed E-state index contributed by atoms with van der Waals surface area (Å²) in [5.41, 5.74) is 4.99. The van der Waals surface area contributed by atoms with Gasteiger partial charge in [0, 0.05) is 5.69 Å². The van der Waals surface area contributed by atoms with E-state index in [0.29, 0.717) is 11.4 Å². The van der Waals surface area contributed by atoms with Gasteiger partial charge in [0.05, 0.1) is 12.8 Å². The van der Waals surface area contributed by atoms with Crippen LogP contribution in [0.3, 0.4) is 0 Å². The van der Waals surface area contributed by atoms with Gasteiger partial charge < -0.3 is 10.1 Å². The van der Waals surface area contributed by atoms with E-state index in [-0.39, 0.29) is 17.2 Å². The van der Waals surface area contributed by atoms with Crippen molar-refractivity contribution >= 4 is 27.3 Å². The molecule has 0 saturated heterocycles. The Balaban J connectivity index is 1.94. The number of hydrogen-bond acceptors (Lipinski definition) is 4. The highest BCUT2D eigenvalue weighted by Crippen LogP contribution is 2.31. The second kappa shape index (κ2) is 11.4. The van der Waals surface area contributed by atoms with E-state index >= 15 is 0 Å². The molecule has 3 aromatic carbocycles. The SMILES string of the molecule is CCCCc1ccc(NC(=O)CN(c2ccc(C)c(C)c2)S(=O)(=O)c2cc(C)ccc2OC)cc1. The summed E-state index contributed by atoms with van der Waals surface area (Å²) in [4.78, 5) is 13.1. The minimum Gasteiger partial charge on any atom is -0.495 e. The molecule has 186 valence electrons. The van der Waals surface area contributed by atoms with Gasteiger partial charge in [-0.3, -0.25) is 9.10 Å². The summed E-state index contributed by atoms with van der Waals surface area (Å²) < 4.78 is 34.2. The number of aryl methyl sites for hydroxylation is 4. The van der Waals surface area contributed by atoms with Gasteiger partial charge in [-0.25, -0.2) is 8.42 Å². The van der Waals surface area contributed by atoms with Crippen LogP contribution in [0.2, 0.25) is 0 Å². The molecule has 0 fully saturated rings. The van der Waals surface area contributed by atoms with Crippen LogP contribution in [0.25, 0.3) is 0 Å². The Labute approximate surface area is 209 Å². The van der Waals surface area contributed by atoms with Crippen molar-refractivity contribution in [2.45, 2.75) is 51.9 Å². The van der Waals surface area contributed by atoms with Gasteiger partial charge in [0.25, 0.3) is 10.0 Å². The lowest BCUT2D eigenvalue weighted by molar-refractivity contribution is -0.114. The maximum atomic E-state index is 13.9. The number of nitrogens with zero attached hydrogens (tertiary/aromatic N) is 1. The first-order valence-electron chi connectivity index (χ1n) is 11.8. The van der Waals surface area contributed by atoms with Crippen molar-refractivity contribution in [1.82, 2.24) is 0 Å². The lowest BCUT2D eigenvalue weighted by Crippen LogP contribution is -2.38. The second-order valence-corrected chi connectivity index (χ2v) is 10.6. The van der Waals surface area contributed by atoms with Crippen molar-refractivity contribution in [3.05, 3.63) is 82.9 Å². The van der Waals surface area contributed by atoms with E-state index in [0.717, 1.165) is 40.3 Å². The molecule has 3 aromatic rings. The van der Waals surface area contributed by atoms with Gasteiger partial charge in [-0.15, -0.1) is 0 Å². The van der Waals surface area contributed by atoms with E-state index in [2.05, 4.69) is 12.2 Å². The summed E-state index contributed by atoms with van der Waals surface area (Å²) >= 11 is 0. The third kappa shape index (κ3) is 6.42. The van der Waals surface area contributed by atoms with E-state index in [1.54, 1.807) is 30.3 Å². The number of amides is 1. The zero-order valence-corrected chi connectivity index (χ0v) is 21.9. The molecule has 0 radical (unpaired) electrons. The molecule has 0 aliphatic carbocycles. The molecule has 0 aliphatic heterocycles. The maximum absolute atomic E-state index is 13.9. The minimum atomic E-state index is -4.11. The summed E-state index contributed by atoms with van der Waals surface area (Å²) in [6.07, 6.45) is 3.21. The number of carbonyl (C=O) groups is 1. The molecule has 3 rings (SSSR count). The molecule has 1 N–H and O–H groups in total. The highest BCUT2D eigenvalue weighted by molar-refractivity contribution is 7.93. The normalized spacial score (nSPS) is 11.2. The summed E-state index contributed by atoms with van der Waals surface area (Å²) in [7, 11) is -2.67. The molecule has 0 aliphatic rings. The third-order valence-electron chi connectivity index (χ3n) is 6.01. The molecule has 0 bridgehead atoms. The molecular weight excluding hydrogens is 460 g/mol. The quantitative estimate of drug-likeness (QED) is 0.387. The van der Waals surface area contributed by atoms with E-state index in [9.17, 15) is 13.2 Å². The van der Waals surface area contributed by atoms with Crippen molar-refractivity contribution < 1.29 is 17.9 Å². The van der Waals surface area contributed by atoms with Crippen molar-refractivity contribution in [3.63, 3.8) is 0 Å². The van der Waals surface area contributed by atoms with Crippen molar-refractivity contribution in [3.8, 4) is 5.75 Å². The molecule has 0 atom stereocenters. The number of benzene rings is 3. The molecule has 0 unspecified atom stereocenters. The van der Waals surface area contributed by atoms with Gasteiger partial charge in [-0.05, 0) is 92.3 Å². The predicted molar refractivity (Wildman–Crippen MR) is 142 cm³/mol. The summed E-state index contributed by atoms with van der Waals surface area (Å²) in [5, 5.41) is 2.84. The summed E-state index contributed by atoms with van der Waals surface area (Å²) in [5.74, 6) is -0.202. The first kappa shape index (κ1) is 26.3. The highest BCUT2D eigenvalue weighted by atomic mass is 32.2. The Morgan fingerprint density at radius 1 is 0.943 bits per heavy atom. The zero-order chi connectivity index (χ0) is 25.6. The van der Waals surface area contributed by atoms with Crippen molar-refractivity contribution in [2.24, 2.45) is 0 Å². The number of ether oxygens (including phenoxy) is 1. The molecule has 0 aromatic heterocycles. The Morgan fingerprint density at radius 2 is 1.66 bits per heavy atom. The molecule has 0 heterocycles. The second-order valence-electron chi connectivity index (χ2n) is 8.78. The van der Waals surface area contributed by atoms with Crippen LogP contribution >= 0.6 is 0 Å². The predicted octanol–water partition coefficient (Wildman–Crippen LogP) is 5.80. The Hall–Kier alpha value is -3.32. The van der Waals surface area contributed by atoms with Crippen LogP contribution in [0.15, 0.2) is 65.6 Å². The molecule has 0 spiro atoms. The molecule has 35 heavy (non-hydrogen) atoms. The Kier molecular flexibility index (Phi) is 8.57. The Bertz CT molecular complexity index is 1280. The first-order chi connectivity index (χ1) is 16.6. The smallest absolute Gasteiger partial charge is 0.268 e. The zero-order valence-electron chi connectivity index (χ0n) is 21.1. The number of methoxy groups -OCH3 is 1. The molecule has 7 heteroatoms. The average Bonchev–Trinajstić information content (AvgIpc) is 2.84. The fourth-order valence-electron chi connectivity index (χ4n) is 3.77. The fourth-order valence-corrected chi connectivity index (χ4v) is 5.42. The van der Waals surface area contributed by atoms with Crippen LogP contribution in [-0.2, 0) is 21.2 Å². The maximum Gasteiger partial charge on any atom is 0.268 e. The highest BCUT2D eigenvalue weighted by Gasteiger charge is 2.30. The largest absolute Gasteiger partial charge is 0.495 e. The number of hydrogen-bond donors (Lipinski definition) is 1. The molecule has 6 nitrogen and oxygen atoms in total. The molecular formula is C28H34N2O4S. The fraction of sp³-hybridized carbons (Fsp3) is 0.321. The van der Waals surface area contributed by atoms with E-state index in [1.165, 1.54) is 12.7 Å². The lowest BCUT2D eigenvalue weighted by Gasteiger charge is -2.26. The van der Waals surface area contributed by atoms with Gasteiger partial charge in [0.15, 0.2) is 0 Å². The van der Waals surface area contributed by atoms with E-state index in [4.69, 9.17) is 4.74 Å². The number of nitrogens with one attached hydrogen (secondary N) is 1. The van der Waals surface area contributed by atoms with Crippen LogP contribution in [-0.4, -0.2) is 28.0 Å². The van der Waals surface area contributed by atoms with E-state index < -0.39 is 15.9 Å². The first-order valence-corrected chi connectivity index (χ1v) is 13.2. The lowest BCUT2D eigenvalue weighted by atomic mass is 10.1. The minimum absolute atomic E-state index is 0.0197. The number of rotatable bonds is 10. The number of unbranched alkanes of at least 4 members (excludes halogenated alkanes) is 1. The molecule has 1 amide bonds. The van der Waals surface area contributed by atoms with Crippen molar-refractivity contribution in [2.75, 3.05) is 23.3 Å². The topological polar surface area (TPSA) is 75.7 Å². The van der Waals surface area contributed by atoms with Gasteiger partial charge in [0.1, 0.15) is 17.2 Å². The van der Waals surface area contributed by atoms with Gasteiger partial charge in [-0.2, -0.15) is 0 Å². The Morgan fingerprint density at radius 3 is 2.29 bits per heavy atom. The van der Waals surface area contributed by atoms with Gasteiger partial charge in [0.2, 0.25) is 5.91 Å². The van der Waals surface area contributed by atoms with Gasteiger partial charge >= 0.3 is 0 Å². The van der Waals surface area contributed by atoms with Crippen LogP contribution in [0.5, 0.6) is 5.75 Å². The van der Waals surface area contributed by atoms with Crippen LogP contribution < -0.4 is 14.4 Å². The van der Waals surface area contributed by atoms with Crippen LogP contribution in [0.4, 0.5) is 11.4 Å². The third-order valence-corrected chi connectivity index (χ3v) is 7.80. The molecule has 0 saturated carbocycles. The van der Waals surface area contributed by atoms with Crippen LogP contribution in [0.1, 0.15) is 42.0 Å². The summed E-state index contributed by atoms with van der Waals surface area (Å²) in [6, 6.07) is 18.0. The van der Waals surface area contributed by atoms with Crippen molar-refractivity contribution in [1.29, 1.82) is 0 Å². The standard InChI is InChI=1S/C28H34N2O4S/c1-6-7-8-23-11-13-24(14-12-23)29-28(31)19-30(25-15-10-21(3)22(4)18-25)35(32,33)27-17-20(2)9-16-26(27)34-5/h9-18H,6-8,19H2,1-5H3,(H,29,31). The monoisotopic (exact) mass is 494 g/mol. The van der Waals surface area contributed by atoms with Crippen LogP contribution in [0, 0.1) is 20.8 Å². The average molecular weight is 495 g/mol. The number of sulfonamides is 1. The van der Waals surface area contributed by atoms with E-state index in [1.807, 2.05) is 51.1 Å². The number of anilines is 2. The number of carbonyl (C=O) groups excluding carboxylic acids is 1. The summed E-state index contributed by atoms with van der Waals surface area (Å²) in [6.45, 7) is 7.46. The van der Waals surface area contributed by atoms with Gasteiger partial charge in [-0.1, -0.05) is 37.6 Å².